The largest absolute Gasteiger partial charge is 0.494 e. The van der Waals surface area contributed by atoms with E-state index in [0.29, 0.717) is 19.2 Å². The first-order chi connectivity index (χ1) is 10.6. The number of ether oxygens (including phenoxy) is 1. The Labute approximate surface area is 132 Å². The van der Waals surface area contributed by atoms with Crippen LogP contribution in [-0.4, -0.2) is 42.6 Å². The lowest BCUT2D eigenvalue weighted by molar-refractivity contribution is -0.118. The first-order valence-corrected chi connectivity index (χ1v) is 8.12. The Morgan fingerprint density at radius 2 is 2.14 bits per heavy atom. The average molecular weight is 305 g/mol. The van der Waals surface area contributed by atoms with Crippen molar-refractivity contribution in [3.8, 4) is 5.75 Å². The lowest BCUT2D eigenvalue weighted by Crippen LogP contribution is -2.51. The second kappa shape index (κ2) is 8.15. The Kier molecular flexibility index (Phi) is 6.21. The van der Waals surface area contributed by atoms with Crippen LogP contribution in [0.15, 0.2) is 24.3 Å². The number of benzene rings is 1. The Hall–Kier alpha value is -1.59. The zero-order valence-electron chi connectivity index (χ0n) is 13.5. The number of piperidine rings is 1. The van der Waals surface area contributed by atoms with Gasteiger partial charge in [0.05, 0.1) is 13.2 Å². The maximum Gasteiger partial charge on any atom is 0.238 e. The minimum atomic E-state index is 0.0108. The lowest BCUT2D eigenvalue weighted by atomic mass is 9.97. The summed E-state index contributed by atoms with van der Waals surface area (Å²) in [6, 6.07) is 7.86. The van der Waals surface area contributed by atoms with E-state index < -0.39 is 0 Å². The second-order valence-electron chi connectivity index (χ2n) is 5.90. The van der Waals surface area contributed by atoms with Crippen molar-refractivity contribution in [2.45, 2.75) is 45.2 Å². The standard InChI is InChI=1S/C17H27N3O2/c1-3-22-15-9-7-14(8-10-15)19-17(21)12-20-11-5-4-6-16(20)13(2)18/h7-10,13,16H,3-6,11-12,18H2,1-2H3,(H,19,21). The molecule has 1 amide bonds. The molecule has 1 saturated heterocycles. The molecule has 0 bridgehead atoms. The molecule has 3 N–H and O–H groups in total. The van der Waals surface area contributed by atoms with E-state index >= 15 is 0 Å². The van der Waals surface area contributed by atoms with Gasteiger partial charge in [-0.25, -0.2) is 0 Å². The van der Waals surface area contributed by atoms with E-state index in [-0.39, 0.29) is 11.9 Å². The molecule has 0 radical (unpaired) electrons. The van der Waals surface area contributed by atoms with Crippen LogP contribution in [0.25, 0.3) is 0 Å². The van der Waals surface area contributed by atoms with Gasteiger partial charge in [-0.2, -0.15) is 0 Å². The summed E-state index contributed by atoms with van der Waals surface area (Å²) < 4.78 is 5.39. The number of carbonyl (C=O) groups excluding carboxylic acids is 1. The van der Waals surface area contributed by atoms with Crippen LogP contribution < -0.4 is 15.8 Å². The van der Waals surface area contributed by atoms with Crippen LogP contribution in [0.3, 0.4) is 0 Å². The van der Waals surface area contributed by atoms with E-state index in [9.17, 15) is 4.79 Å². The van der Waals surface area contributed by atoms with Crippen LogP contribution in [0.4, 0.5) is 5.69 Å². The predicted octanol–water partition coefficient (Wildman–Crippen LogP) is 2.23. The van der Waals surface area contributed by atoms with Crippen molar-refractivity contribution < 1.29 is 9.53 Å². The molecule has 1 aliphatic heterocycles. The SMILES string of the molecule is CCOc1ccc(NC(=O)CN2CCCCC2C(C)N)cc1. The second-order valence-corrected chi connectivity index (χ2v) is 5.90. The van der Waals surface area contributed by atoms with Crippen molar-refractivity contribution in [1.29, 1.82) is 0 Å². The van der Waals surface area contributed by atoms with Crippen molar-refractivity contribution in [3.05, 3.63) is 24.3 Å². The van der Waals surface area contributed by atoms with E-state index in [1.54, 1.807) is 0 Å². The van der Waals surface area contributed by atoms with Gasteiger partial charge in [-0.15, -0.1) is 0 Å². The summed E-state index contributed by atoms with van der Waals surface area (Å²) in [4.78, 5) is 14.4. The van der Waals surface area contributed by atoms with Crippen LogP contribution in [0.1, 0.15) is 33.1 Å². The summed E-state index contributed by atoms with van der Waals surface area (Å²) in [5.74, 6) is 0.824. The van der Waals surface area contributed by atoms with Crippen LogP contribution in [0, 0.1) is 0 Å². The van der Waals surface area contributed by atoms with Crippen LogP contribution in [0.5, 0.6) is 5.75 Å². The van der Waals surface area contributed by atoms with Gasteiger partial charge in [-0.05, 0) is 57.5 Å². The summed E-state index contributed by atoms with van der Waals surface area (Å²) in [6.45, 7) is 5.96. The van der Waals surface area contributed by atoms with Crippen molar-refractivity contribution in [3.63, 3.8) is 0 Å². The number of hydrogen-bond donors (Lipinski definition) is 2. The zero-order chi connectivity index (χ0) is 15.9. The maximum absolute atomic E-state index is 12.2. The highest BCUT2D eigenvalue weighted by atomic mass is 16.5. The maximum atomic E-state index is 12.2. The minimum absolute atomic E-state index is 0.0108. The quantitative estimate of drug-likeness (QED) is 0.845. The van der Waals surface area contributed by atoms with Crippen molar-refractivity contribution in [1.82, 2.24) is 4.90 Å². The highest BCUT2D eigenvalue weighted by Crippen LogP contribution is 2.19. The summed E-state index contributed by atoms with van der Waals surface area (Å²) in [6.07, 6.45) is 3.41. The molecule has 1 fully saturated rings. The Bertz CT molecular complexity index is 473. The molecular weight excluding hydrogens is 278 g/mol. The van der Waals surface area contributed by atoms with Gasteiger partial charge in [-0.1, -0.05) is 6.42 Å². The molecule has 1 aliphatic rings. The van der Waals surface area contributed by atoms with Gasteiger partial charge in [-0.3, -0.25) is 9.69 Å². The summed E-state index contributed by atoms with van der Waals surface area (Å²) in [5, 5.41) is 2.94. The molecule has 22 heavy (non-hydrogen) atoms. The number of amides is 1. The van der Waals surface area contributed by atoms with Crippen LogP contribution in [0.2, 0.25) is 0 Å². The van der Waals surface area contributed by atoms with Gasteiger partial charge < -0.3 is 15.8 Å². The number of nitrogens with one attached hydrogen (secondary N) is 1. The van der Waals surface area contributed by atoms with Gasteiger partial charge >= 0.3 is 0 Å². The third kappa shape index (κ3) is 4.71. The van der Waals surface area contributed by atoms with Crippen molar-refractivity contribution >= 4 is 11.6 Å². The van der Waals surface area contributed by atoms with Crippen LogP contribution in [-0.2, 0) is 4.79 Å². The number of likely N-dealkylation sites (tertiary alicyclic amines) is 1. The summed E-state index contributed by atoms with van der Waals surface area (Å²) in [5.41, 5.74) is 6.84. The van der Waals surface area contributed by atoms with Crippen molar-refractivity contribution in [2.75, 3.05) is 25.0 Å². The topological polar surface area (TPSA) is 67.6 Å². The lowest BCUT2D eigenvalue weighted by Gasteiger charge is -2.37. The number of carbonyl (C=O) groups is 1. The number of nitrogens with two attached hydrogens (primary N) is 1. The molecule has 0 aromatic heterocycles. The third-order valence-electron chi connectivity index (χ3n) is 4.07. The number of rotatable bonds is 6. The molecule has 2 rings (SSSR count). The molecule has 0 saturated carbocycles. The first-order valence-electron chi connectivity index (χ1n) is 8.12. The molecular formula is C17H27N3O2. The number of hydrogen-bond acceptors (Lipinski definition) is 4. The van der Waals surface area contributed by atoms with E-state index in [4.69, 9.17) is 10.5 Å². The summed E-state index contributed by atoms with van der Waals surface area (Å²) >= 11 is 0. The predicted molar refractivity (Wildman–Crippen MR) is 89.1 cm³/mol. The normalized spacial score (nSPS) is 20.4. The van der Waals surface area contributed by atoms with Gasteiger partial charge in [0.2, 0.25) is 5.91 Å². The minimum Gasteiger partial charge on any atom is -0.494 e. The smallest absolute Gasteiger partial charge is 0.238 e. The Morgan fingerprint density at radius 3 is 2.77 bits per heavy atom. The zero-order valence-corrected chi connectivity index (χ0v) is 13.5. The van der Waals surface area contributed by atoms with E-state index in [2.05, 4.69) is 10.2 Å². The highest BCUT2D eigenvalue weighted by molar-refractivity contribution is 5.92. The van der Waals surface area contributed by atoms with Crippen molar-refractivity contribution in [2.24, 2.45) is 5.73 Å². The average Bonchev–Trinajstić information content (AvgIpc) is 2.50. The fourth-order valence-electron chi connectivity index (χ4n) is 2.99. The van der Waals surface area contributed by atoms with Crippen LogP contribution >= 0.6 is 0 Å². The fraction of sp³-hybridized carbons (Fsp3) is 0.588. The summed E-state index contributed by atoms with van der Waals surface area (Å²) in [7, 11) is 0. The molecule has 0 spiro atoms. The van der Waals surface area contributed by atoms with E-state index in [1.165, 1.54) is 6.42 Å². The number of anilines is 1. The molecule has 1 aromatic rings. The first kappa shape index (κ1) is 16.8. The van der Waals surface area contributed by atoms with Gasteiger partial charge in [0.15, 0.2) is 0 Å². The van der Waals surface area contributed by atoms with Gasteiger partial charge in [0.1, 0.15) is 5.75 Å². The highest BCUT2D eigenvalue weighted by Gasteiger charge is 2.26. The molecule has 122 valence electrons. The molecule has 2 atom stereocenters. The molecule has 5 heteroatoms. The molecule has 5 nitrogen and oxygen atoms in total. The molecule has 1 aromatic carbocycles. The third-order valence-corrected chi connectivity index (χ3v) is 4.07. The van der Waals surface area contributed by atoms with Gasteiger partial charge in [0.25, 0.3) is 0 Å². The Morgan fingerprint density at radius 1 is 1.41 bits per heavy atom. The van der Waals surface area contributed by atoms with E-state index in [0.717, 1.165) is 30.8 Å². The fourth-order valence-corrected chi connectivity index (χ4v) is 2.99. The molecule has 0 aliphatic carbocycles. The van der Waals surface area contributed by atoms with Gasteiger partial charge in [0, 0.05) is 17.8 Å². The number of nitrogens with zero attached hydrogens (tertiary/aromatic N) is 1. The molecule has 1 heterocycles. The van der Waals surface area contributed by atoms with E-state index in [1.807, 2.05) is 38.1 Å². The monoisotopic (exact) mass is 305 g/mol. The molecule has 2 unspecified atom stereocenters. The Balaban J connectivity index is 1.88.